The quantitative estimate of drug-likeness (QED) is 0.400. The van der Waals surface area contributed by atoms with Crippen molar-refractivity contribution in [3.05, 3.63) is 109 Å². The first-order valence-electron chi connectivity index (χ1n) is 9.41. The lowest BCUT2D eigenvalue weighted by Gasteiger charge is -2.19. The van der Waals surface area contributed by atoms with Crippen LogP contribution in [0.15, 0.2) is 97.5 Å². The number of nitrogens with zero attached hydrogens (tertiary/aromatic N) is 3. The van der Waals surface area contributed by atoms with E-state index in [0.29, 0.717) is 0 Å². The van der Waals surface area contributed by atoms with Crippen molar-refractivity contribution >= 4 is 27.4 Å². The van der Waals surface area contributed by atoms with Crippen LogP contribution in [0.25, 0.3) is 20.7 Å². The number of aromatic nitrogens is 3. The van der Waals surface area contributed by atoms with Crippen molar-refractivity contribution in [2.24, 2.45) is 0 Å². The number of rotatable bonds is 5. The number of fused-ring (bicyclic) bond motifs is 1. The number of hydrogen-bond donors (Lipinski definition) is 1. The van der Waals surface area contributed by atoms with Crippen molar-refractivity contribution < 1.29 is 0 Å². The summed E-state index contributed by atoms with van der Waals surface area (Å²) in [4.78, 5) is 15.8. The molecule has 0 amide bonds. The van der Waals surface area contributed by atoms with E-state index in [0.717, 1.165) is 27.3 Å². The van der Waals surface area contributed by atoms with E-state index in [1.165, 1.54) is 10.4 Å². The van der Waals surface area contributed by atoms with Crippen molar-refractivity contribution in [1.82, 2.24) is 15.0 Å². The third-order valence-electron chi connectivity index (χ3n) is 4.79. The van der Waals surface area contributed by atoms with Crippen molar-refractivity contribution in [2.75, 3.05) is 5.32 Å². The van der Waals surface area contributed by atoms with Crippen molar-refractivity contribution in [3.63, 3.8) is 0 Å². The molecule has 140 valence electrons. The molecule has 1 N–H and O–H groups in total. The number of thiophene rings is 1. The fourth-order valence-corrected chi connectivity index (χ4v) is 4.38. The maximum absolute atomic E-state index is 4.58. The highest BCUT2D eigenvalue weighted by atomic mass is 32.1. The van der Waals surface area contributed by atoms with Crippen LogP contribution in [0.2, 0.25) is 0 Å². The second-order valence-corrected chi connectivity index (χ2v) is 7.69. The van der Waals surface area contributed by atoms with Gasteiger partial charge in [-0.05, 0) is 29.3 Å². The predicted molar refractivity (Wildman–Crippen MR) is 119 cm³/mol. The van der Waals surface area contributed by atoms with Crippen LogP contribution < -0.4 is 5.32 Å². The lowest BCUT2D eigenvalue weighted by Crippen LogP contribution is -2.14. The molecule has 0 radical (unpaired) electrons. The van der Waals surface area contributed by atoms with Crippen LogP contribution in [0, 0.1) is 0 Å². The molecular weight excluding hydrogens is 376 g/mol. The Morgan fingerprint density at radius 3 is 2.28 bits per heavy atom. The van der Waals surface area contributed by atoms with E-state index in [1.54, 1.807) is 17.7 Å². The van der Waals surface area contributed by atoms with E-state index in [4.69, 9.17) is 0 Å². The van der Waals surface area contributed by atoms with Gasteiger partial charge in [0.15, 0.2) is 0 Å². The highest BCUT2D eigenvalue weighted by molar-refractivity contribution is 7.21. The summed E-state index contributed by atoms with van der Waals surface area (Å²) in [5.41, 5.74) is 3.27. The third-order valence-corrected chi connectivity index (χ3v) is 5.88. The summed E-state index contributed by atoms with van der Waals surface area (Å²) in [6.07, 6.45) is 3.44. The van der Waals surface area contributed by atoms with Gasteiger partial charge in [-0.2, -0.15) is 0 Å². The van der Waals surface area contributed by atoms with Crippen LogP contribution in [0.3, 0.4) is 0 Å². The molecule has 0 bridgehead atoms. The molecule has 1 unspecified atom stereocenters. The fourth-order valence-electron chi connectivity index (χ4n) is 3.37. The first-order chi connectivity index (χ1) is 14.4. The minimum atomic E-state index is -0.101. The Morgan fingerprint density at radius 2 is 1.52 bits per heavy atom. The Labute approximate surface area is 172 Å². The fraction of sp³-hybridized carbons (Fsp3) is 0.0417. The number of nitrogens with one attached hydrogen (secondary N) is 1. The van der Waals surface area contributed by atoms with E-state index >= 15 is 0 Å². The maximum Gasteiger partial charge on any atom is 0.138 e. The molecule has 29 heavy (non-hydrogen) atoms. The van der Waals surface area contributed by atoms with Crippen LogP contribution in [-0.4, -0.2) is 15.0 Å². The van der Waals surface area contributed by atoms with E-state index in [-0.39, 0.29) is 6.04 Å². The molecule has 0 aliphatic heterocycles. The molecule has 5 heteroatoms. The Hall–Kier alpha value is -3.57. The summed E-state index contributed by atoms with van der Waals surface area (Å²) in [7, 11) is 0. The Morgan fingerprint density at radius 1 is 0.759 bits per heavy atom. The molecule has 5 aromatic rings. The smallest absolute Gasteiger partial charge is 0.138 e. The Balaban J connectivity index is 1.58. The van der Waals surface area contributed by atoms with Gasteiger partial charge in [-0.15, -0.1) is 11.3 Å². The molecule has 2 aromatic carbocycles. The minimum absolute atomic E-state index is 0.101. The molecule has 4 nitrogen and oxygen atoms in total. The highest BCUT2D eigenvalue weighted by Crippen LogP contribution is 2.36. The van der Waals surface area contributed by atoms with Gasteiger partial charge in [0.25, 0.3) is 0 Å². The second kappa shape index (κ2) is 7.81. The topological polar surface area (TPSA) is 50.7 Å². The summed E-state index contributed by atoms with van der Waals surface area (Å²) in [6.45, 7) is 0. The zero-order valence-corrected chi connectivity index (χ0v) is 16.4. The van der Waals surface area contributed by atoms with Gasteiger partial charge < -0.3 is 5.32 Å². The van der Waals surface area contributed by atoms with Gasteiger partial charge in [0.2, 0.25) is 0 Å². The zero-order chi connectivity index (χ0) is 19.5. The summed E-state index contributed by atoms with van der Waals surface area (Å²) >= 11 is 1.68. The molecule has 0 saturated carbocycles. The largest absolute Gasteiger partial charge is 0.357 e. The predicted octanol–water partition coefficient (Wildman–Crippen LogP) is 5.95. The van der Waals surface area contributed by atoms with Crippen LogP contribution in [0.4, 0.5) is 5.82 Å². The lowest BCUT2D eigenvalue weighted by atomic mass is 10.0. The summed E-state index contributed by atoms with van der Waals surface area (Å²) in [5.74, 6) is 0.813. The number of benzene rings is 2. The molecule has 0 saturated heterocycles. The molecular formula is C24H18N4S. The van der Waals surface area contributed by atoms with Gasteiger partial charge in [0.05, 0.1) is 17.1 Å². The lowest BCUT2D eigenvalue weighted by molar-refractivity contribution is 0.879. The van der Waals surface area contributed by atoms with Gasteiger partial charge >= 0.3 is 0 Å². The van der Waals surface area contributed by atoms with Gasteiger partial charge in [-0.25, -0.2) is 9.97 Å². The molecule has 0 aliphatic rings. The van der Waals surface area contributed by atoms with E-state index in [2.05, 4.69) is 62.7 Å². The molecule has 0 aliphatic carbocycles. The highest BCUT2D eigenvalue weighted by Gasteiger charge is 2.18. The summed E-state index contributed by atoms with van der Waals surface area (Å²) in [6, 6.07) is 28.7. The second-order valence-electron chi connectivity index (χ2n) is 6.66. The molecule has 3 aromatic heterocycles. The number of hydrogen-bond acceptors (Lipinski definition) is 5. The average Bonchev–Trinajstić information content (AvgIpc) is 3.24. The first kappa shape index (κ1) is 17.5. The molecule has 5 rings (SSSR count). The Kier molecular flexibility index (Phi) is 4.72. The van der Waals surface area contributed by atoms with Crippen molar-refractivity contribution in [2.45, 2.75) is 6.04 Å². The SMILES string of the molecule is c1ccc(-c2cc3c(NC(c4ccccc4)c4ccccn4)ncnc3s2)cc1. The van der Waals surface area contributed by atoms with Crippen LogP contribution in [0.1, 0.15) is 17.3 Å². The van der Waals surface area contributed by atoms with E-state index < -0.39 is 0 Å². The summed E-state index contributed by atoms with van der Waals surface area (Å²) in [5, 5.41) is 4.63. The maximum atomic E-state index is 4.58. The number of pyridine rings is 1. The monoisotopic (exact) mass is 394 g/mol. The van der Waals surface area contributed by atoms with E-state index in [1.807, 2.05) is 48.7 Å². The van der Waals surface area contributed by atoms with Crippen molar-refractivity contribution in [3.8, 4) is 10.4 Å². The minimum Gasteiger partial charge on any atom is -0.357 e. The third kappa shape index (κ3) is 3.60. The summed E-state index contributed by atoms with van der Waals surface area (Å²) < 4.78 is 0. The van der Waals surface area contributed by atoms with Gasteiger partial charge in [-0.3, -0.25) is 4.98 Å². The Bertz CT molecular complexity index is 1180. The van der Waals surface area contributed by atoms with Gasteiger partial charge in [0, 0.05) is 11.1 Å². The van der Waals surface area contributed by atoms with Gasteiger partial charge in [0.1, 0.15) is 17.0 Å². The normalized spacial score (nSPS) is 12.0. The van der Waals surface area contributed by atoms with Crippen LogP contribution in [-0.2, 0) is 0 Å². The van der Waals surface area contributed by atoms with Crippen molar-refractivity contribution in [1.29, 1.82) is 0 Å². The molecule has 0 spiro atoms. The molecule has 0 fully saturated rings. The average molecular weight is 395 g/mol. The zero-order valence-electron chi connectivity index (χ0n) is 15.6. The van der Waals surface area contributed by atoms with Gasteiger partial charge in [-0.1, -0.05) is 66.7 Å². The van der Waals surface area contributed by atoms with Crippen LogP contribution in [0.5, 0.6) is 0 Å². The number of anilines is 1. The van der Waals surface area contributed by atoms with E-state index in [9.17, 15) is 0 Å². The first-order valence-corrected chi connectivity index (χ1v) is 10.2. The molecule has 1 atom stereocenters. The standard InChI is InChI=1S/C24H18N4S/c1-3-9-17(10-4-1)21-15-19-23(26-16-27-24(19)29-21)28-22(18-11-5-2-6-12-18)20-13-7-8-14-25-20/h1-16,22H,(H,26,27,28). The van der Waals surface area contributed by atoms with Crippen LogP contribution >= 0.6 is 11.3 Å². The molecule has 3 heterocycles.